The molecule has 2 saturated heterocycles. The van der Waals surface area contributed by atoms with E-state index < -0.39 is 5.60 Å². The highest BCUT2D eigenvalue weighted by Gasteiger charge is 2.28. The molecule has 2 aliphatic heterocycles. The minimum absolute atomic E-state index is 0.103. The first-order valence-corrected chi connectivity index (χ1v) is 13.7. The zero-order valence-corrected chi connectivity index (χ0v) is 23.2. The number of carbonyl (C=O) groups is 2. The highest BCUT2D eigenvalue weighted by molar-refractivity contribution is 6.32. The molecule has 0 aliphatic carbocycles. The summed E-state index contributed by atoms with van der Waals surface area (Å²) in [5.74, 6) is 0.665. The first-order chi connectivity index (χ1) is 18.7. The molecule has 1 N–H and O–H groups in total. The predicted molar refractivity (Wildman–Crippen MR) is 151 cm³/mol. The van der Waals surface area contributed by atoms with Gasteiger partial charge in [-0.3, -0.25) is 9.78 Å². The molecule has 0 bridgehead atoms. The fraction of sp³-hybridized carbons (Fsp3) is 0.414. The SMILES string of the molecule is CC(C)(C)OC(=O)N1CCCC(c2cccc(-c3nc(Nc4cncc(N5CCCC5=O)c4)ncc3Cl)c2)C1. The lowest BCUT2D eigenvalue weighted by Crippen LogP contribution is -2.42. The highest BCUT2D eigenvalue weighted by Crippen LogP contribution is 2.33. The van der Waals surface area contributed by atoms with E-state index in [2.05, 4.69) is 27.4 Å². The Kier molecular flexibility index (Phi) is 7.70. The van der Waals surface area contributed by atoms with Crippen LogP contribution < -0.4 is 10.2 Å². The van der Waals surface area contributed by atoms with E-state index >= 15 is 0 Å². The lowest BCUT2D eigenvalue weighted by molar-refractivity contribution is -0.117. The third-order valence-corrected chi connectivity index (χ3v) is 7.09. The molecule has 2 aromatic heterocycles. The minimum atomic E-state index is -0.525. The summed E-state index contributed by atoms with van der Waals surface area (Å²) in [6.45, 7) is 7.63. The van der Waals surface area contributed by atoms with Crippen molar-refractivity contribution in [3.63, 3.8) is 0 Å². The van der Waals surface area contributed by atoms with Gasteiger partial charge in [-0.15, -0.1) is 0 Å². The zero-order chi connectivity index (χ0) is 27.6. The maximum atomic E-state index is 12.7. The van der Waals surface area contributed by atoms with Crippen molar-refractivity contribution in [2.45, 2.75) is 58.0 Å². The van der Waals surface area contributed by atoms with Crippen LogP contribution in [0.3, 0.4) is 0 Å². The number of pyridine rings is 1. The Morgan fingerprint density at radius 3 is 2.74 bits per heavy atom. The van der Waals surface area contributed by atoms with Gasteiger partial charge in [-0.2, -0.15) is 0 Å². The van der Waals surface area contributed by atoms with Gasteiger partial charge in [-0.1, -0.05) is 29.8 Å². The Labute approximate surface area is 233 Å². The highest BCUT2D eigenvalue weighted by atomic mass is 35.5. The lowest BCUT2D eigenvalue weighted by atomic mass is 9.89. The molecule has 1 aromatic carbocycles. The number of likely N-dealkylation sites (tertiary alicyclic amines) is 1. The number of aromatic nitrogens is 3. The van der Waals surface area contributed by atoms with Gasteiger partial charge in [0.1, 0.15) is 5.60 Å². The maximum absolute atomic E-state index is 12.7. The van der Waals surface area contributed by atoms with E-state index in [1.807, 2.05) is 39.0 Å². The molecule has 1 unspecified atom stereocenters. The van der Waals surface area contributed by atoms with Crippen molar-refractivity contribution in [2.24, 2.45) is 0 Å². The maximum Gasteiger partial charge on any atom is 0.410 e. The van der Waals surface area contributed by atoms with E-state index in [4.69, 9.17) is 21.3 Å². The molecular weight excluding hydrogens is 516 g/mol. The molecule has 5 rings (SSSR count). The summed E-state index contributed by atoms with van der Waals surface area (Å²) >= 11 is 6.55. The van der Waals surface area contributed by atoms with Crippen molar-refractivity contribution >= 4 is 40.9 Å². The number of piperidine rings is 1. The van der Waals surface area contributed by atoms with Gasteiger partial charge in [0.05, 0.1) is 40.7 Å². The van der Waals surface area contributed by atoms with E-state index in [9.17, 15) is 9.59 Å². The van der Waals surface area contributed by atoms with Gasteiger partial charge in [0.15, 0.2) is 0 Å². The van der Waals surface area contributed by atoms with Crippen molar-refractivity contribution in [2.75, 3.05) is 29.9 Å². The number of hydrogen-bond donors (Lipinski definition) is 1. The second-order valence-electron chi connectivity index (χ2n) is 11.0. The first-order valence-electron chi connectivity index (χ1n) is 13.3. The third-order valence-electron chi connectivity index (χ3n) is 6.81. The summed E-state index contributed by atoms with van der Waals surface area (Å²) < 4.78 is 5.60. The van der Waals surface area contributed by atoms with Gasteiger partial charge in [0, 0.05) is 37.5 Å². The quantitative estimate of drug-likeness (QED) is 0.406. The standard InChI is InChI=1S/C29H33ClN6O3/c1-29(2,3)39-28(38)35-11-5-9-21(18-35)19-7-4-8-20(13-19)26-24(30)17-32-27(34-26)33-22-14-23(16-31-15-22)36-12-6-10-25(36)37/h4,7-8,13-17,21H,5-6,9-12,18H2,1-3H3,(H,32,33,34). The number of carbonyl (C=O) groups excluding carboxylic acids is 2. The van der Waals surface area contributed by atoms with Crippen molar-refractivity contribution < 1.29 is 14.3 Å². The molecular formula is C29H33ClN6O3. The number of amides is 2. The van der Waals surface area contributed by atoms with Crippen LogP contribution in [0.4, 0.5) is 22.1 Å². The molecule has 39 heavy (non-hydrogen) atoms. The topological polar surface area (TPSA) is 101 Å². The number of benzene rings is 1. The Morgan fingerprint density at radius 1 is 1.13 bits per heavy atom. The van der Waals surface area contributed by atoms with Gasteiger partial charge in [0.2, 0.25) is 11.9 Å². The lowest BCUT2D eigenvalue weighted by Gasteiger charge is -2.34. The fourth-order valence-electron chi connectivity index (χ4n) is 5.01. The number of ether oxygens (including phenoxy) is 1. The van der Waals surface area contributed by atoms with Crippen LogP contribution in [0.15, 0.2) is 48.9 Å². The van der Waals surface area contributed by atoms with Crippen LogP contribution in [-0.2, 0) is 9.53 Å². The Bertz CT molecular complexity index is 1380. The summed E-state index contributed by atoms with van der Waals surface area (Å²) in [7, 11) is 0. The monoisotopic (exact) mass is 548 g/mol. The van der Waals surface area contributed by atoms with Crippen molar-refractivity contribution in [1.29, 1.82) is 0 Å². The molecule has 0 radical (unpaired) electrons. The molecule has 2 fully saturated rings. The minimum Gasteiger partial charge on any atom is -0.444 e. The molecule has 204 valence electrons. The number of rotatable bonds is 5. The Hall–Kier alpha value is -3.72. The van der Waals surface area contributed by atoms with Crippen LogP contribution >= 0.6 is 11.6 Å². The molecule has 0 saturated carbocycles. The summed E-state index contributed by atoms with van der Waals surface area (Å²) in [6, 6.07) is 9.99. The van der Waals surface area contributed by atoms with Crippen molar-refractivity contribution in [3.8, 4) is 11.3 Å². The van der Waals surface area contributed by atoms with Crippen LogP contribution in [-0.4, -0.2) is 57.1 Å². The van der Waals surface area contributed by atoms with Gasteiger partial charge in [-0.25, -0.2) is 14.8 Å². The number of hydrogen-bond acceptors (Lipinski definition) is 7. The number of nitrogens with zero attached hydrogens (tertiary/aromatic N) is 5. The van der Waals surface area contributed by atoms with Gasteiger partial charge < -0.3 is 19.9 Å². The number of halogens is 1. The van der Waals surface area contributed by atoms with E-state index in [1.165, 1.54) is 0 Å². The Balaban J connectivity index is 1.34. The largest absolute Gasteiger partial charge is 0.444 e. The average Bonchev–Trinajstić information content (AvgIpc) is 3.35. The molecule has 2 amide bonds. The van der Waals surface area contributed by atoms with E-state index in [1.54, 1.807) is 28.4 Å². The predicted octanol–water partition coefficient (Wildman–Crippen LogP) is 6.18. The van der Waals surface area contributed by atoms with Crippen LogP contribution in [0, 0.1) is 0 Å². The summed E-state index contributed by atoms with van der Waals surface area (Å²) in [4.78, 5) is 41.7. The normalized spacial score (nSPS) is 17.8. The fourth-order valence-corrected chi connectivity index (χ4v) is 5.21. The molecule has 1 atom stereocenters. The Morgan fingerprint density at radius 2 is 1.97 bits per heavy atom. The summed E-state index contributed by atoms with van der Waals surface area (Å²) in [5.41, 5.74) is 3.50. The summed E-state index contributed by atoms with van der Waals surface area (Å²) in [5, 5.41) is 3.63. The van der Waals surface area contributed by atoms with Crippen LogP contribution in [0.1, 0.15) is 57.9 Å². The van der Waals surface area contributed by atoms with E-state index in [-0.39, 0.29) is 17.9 Å². The average molecular weight is 549 g/mol. The van der Waals surface area contributed by atoms with Crippen LogP contribution in [0.25, 0.3) is 11.3 Å². The van der Waals surface area contributed by atoms with E-state index in [0.717, 1.165) is 36.1 Å². The van der Waals surface area contributed by atoms with Crippen LogP contribution in [0.5, 0.6) is 0 Å². The smallest absolute Gasteiger partial charge is 0.410 e. The molecule has 9 nitrogen and oxygen atoms in total. The number of nitrogens with one attached hydrogen (secondary N) is 1. The third kappa shape index (κ3) is 6.47. The molecule has 0 spiro atoms. The van der Waals surface area contributed by atoms with Crippen molar-refractivity contribution in [1.82, 2.24) is 19.9 Å². The molecule has 10 heteroatoms. The molecule has 4 heterocycles. The van der Waals surface area contributed by atoms with Crippen molar-refractivity contribution in [3.05, 3.63) is 59.5 Å². The molecule has 3 aromatic rings. The van der Waals surface area contributed by atoms with Gasteiger partial charge in [0.25, 0.3) is 0 Å². The van der Waals surface area contributed by atoms with Crippen LogP contribution in [0.2, 0.25) is 5.02 Å². The summed E-state index contributed by atoms with van der Waals surface area (Å²) in [6.07, 6.45) is 7.95. The van der Waals surface area contributed by atoms with Gasteiger partial charge >= 0.3 is 6.09 Å². The second kappa shape index (κ2) is 11.2. The number of anilines is 3. The van der Waals surface area contributed by atoms with Gasteiger partial charge in [-0.05, 0) is 57.7 Å². The zero-order valence-electron chi connectivity index (χ0n) is 22.5. The first kappa shape index (κ1) is 26.9. The van der Waals surface area contributed by atoms with E-state index in [0.29, 0.717) is 48.4 Å². The second-order valence-corrected chi connectivity index (χ2v) is 11.4. The molecule has 2 aliphatic rings.